The van der Waals surface area contributed by atoms with Crippen LogP contribution in [0, 0.1) is 0 Å². The third-order valence-electron chi connectivity index (χ3n) is 2.32. The molecule has 0 aliphatic rings. The summed E-state index contributed by atoms with van der Waals surface area (Å²) >= 11 is 0. The first kappa shape index (κ1) is 14.8. The Morgan fingerprint density at radius 2 is 1.73 bits per heavy atom. The summed E-state index contributed by atoms with van der Waals surface area (Å²) in [5.74, 6) is 0. The maximum atomic E-state index is 9.03. The van der Waals surface area contributed by atoms with E-state index in [2.05, 4.69) is 17.6 Å². The van der Waals surface area contributed by atoms with E-state index in [0.29, 0.717) is 6.04 Å². The van der Waals surface area contributed by atoms with Crippen molar-refractivity contribution in [2.75, 3.05) is 26.2 Å². The smallest absolute Gasteiger partial charge is 0.0524 e. The van der Waals surface area contributed by atoms with Crippen LogP contribution in [0.25, 0.3) is 0 Å². The second-order valence-electron chi connectivity index (χ2n) is 4.11. The first-order valence-corrected chi connectivity index (χ1v) is 5.89. The van der Waals surface area contributed by atoms with E-state index in [1.807, 2.05) is 0 Å². The Bertz CT molecular complexity index is 132. The maximum absolute atomic E-state index is 9.03. The predicted molar refractivity (Wildman–Crippen MR) is 63.0 cm³/mol. The molecule has 0 amide bonds. The van der Waals surface area contributed by atoms with Gasteiger partial charge in [-0.2, -0.15) is 0 Å². The van der Waals surface area contributed by atoms with Gasteiger partial charge in [0.1, 0.15) is 0 Å². The quantitative estimate of drug-likeness (QED) is 0.393. The average Bonchev–Trinajstić information content (AvgIpc) is 2.17. The summed E-state index contributed by atoms with van der Waals surface area (Å²) in [7, 11) is 0. The highest BCUT2D eigenvalue weighted by molar-refractivity contribution is 4.62. The minimum Gasteiger partial charge on any atom is -0.396 e. The van der Waals surface area contributed by atoms with Gasteiger partial charge in [0.15, 0.2) is 0 Å². The number of aliphatic hydroxyl groups excluding tert-OH is 2. The molecule has 0 radical (unpaired) electrons. The predicted octanol–water partition coefficient (Wildman–Crippen LogP) is 0.0975. The summed E-state index contributed by atoms with van der Waals surface area (Å²) in [5.41, 5.74) is 0. The van der Waals surface area contributed by atoms with Gasteiger partial charge in [-0.15, -0.1) is 0 Å². The van der Waals surface area contributed by atoms with Crippen molar-refractivity contribution in [1.82, 2.24) is 10.6 Å². The maximum Gasteiger partial charge on any atom is 0.0524 e. The number of hydrogen-bond acceptors (Lipinski definition) is 4. The molecule has 0 spiro atoms. The first-order chi connectivity index (χ1) is 7.16. The second-order valence-corrected chi connectivity index (χ2v) is 4.11. The summed E-state index contributed by atoms with van der Waals surface area (Å²) < 4.78 is 0. The minimum absolute atomic E-state index is 0.211. The Hall–Kier alpha value is -0.160. The van der Waals surface area contributed by atoms with E-state index in [1.54, 1.807) is 6.92 Å². The van der Waals surface area contributed by atoms with Crippen LogP contribution in [0.3, 0.4) is 0 Å². The number of nitrogens with one attached hydrogen (secondary N) is 2. The number of rotatable bonds is 10. The SMILES string of the molecule is CC(O)CCNCCC(C)NCCCO. The van der Waals surface area contributed by atoms with E-state index in [0.717, 1.165) is 38.9 Å². The van der Waals surface area contributed by atoms with Gasteiger partial charge in [0, 0.05) is 12.6 Å². The normalized spacial score (nSPS) is 15.2. The van der Waals surface area contributed by atoms with Crippen LogP contribution in [0.15, 0.2) is 0 Å². The fraction of sp³-hybridized carbons (Fsp3) is 1.00. The fourth-order valence-corrected chi connectivity index (χ4v) is 1.28. The van der Waals surface area contributed by atoms with Gasteiger partial charge in [0.05, 0.1) is 6.10 Å². The van der Waals surface area contributed by atoms with Crippen molar-refractivity contribution in [2.45, 2.75) is 45.3 Å². The van der Waals surface area contributed by atoms with Gasteiger partial charge >= 0.3 is 0 Å². The van der Waals surface area contributed by atoms with Crippen molar-refractivity contribution in [3.8, 4) is 0 Å². The molecule has 0 aromatic rings. The monoisotopic (exact) mass is 218 g/mol. The summed E-state index contributed by atoms with van der Waals surface area (Å²) in [4.78, 5) is 0. The third-order valence-corrected chi connectivity index (χ3v) is 2.32. The molecule has 0 aromatic carbocycles. The zero-order valence-electron chi connectivity index (χ0n) is 10.00. The molecule has 0 heterocycles. The molecule has 0 aliphatic heterocycles. The van der Waals surface area contributed by atoms with E-state index in [1.165, 1.54) is 0 Å². The molecule has 0 saturated heterocycles. The van der Waals surface area contributed by atoms with Crippen LogP contribution in [0.4, 0.5) is 0 Å². The van der Waals surface area contributed by atoms with Gasteiger partial charge in [-0.05, 0) is 52.7 Å². The molecule has 0 bridgehead atoms. The molecule has 15 heavy (non-hydrogen) atoms. The van der Waals surface area contributed by atoms with Crippen LogP contribution in [0.5, 0.6) is 0 Å². The fourth-order valence-electron chi connectivity index (χ4n) is 1.28. The van der Waals surface area contributed by atoms with Crippen molar-refractivity contribution < 1.29 is 10.2 Å². The van der Waals surface area contributed by atoms with E-state index >= 15 is 0 Å². The lowest BCUT2D eigenvalue weighted by Crippen LogP contribution is -2.31. The van der Waals surface area contributed by atoms with Gasteiger partial charge in [-0.25, -0.2) is 0 Å². The van der Waals surface area contributed by atoms with Crippen LogP contribution >= 0.6 is 0 Å². The largest absolute Gasteiger partial charge is 0.396 e. The number of aliphatic hydroxyl groups is 2. The van der Waals surface area contributed by atoms with Crippen LogP contribution < -0.4 is 10.6 Å². The lowest BCUT2D eigenvalue weighted by Gasteiger charge is -2.14. The molecule has 2 unspecified atom stereocenters. The Morgan fingerprint density at radius 3 is 2.33 bits per heavy atom. The van der Waals surface area contributed by atoms with E-state index in [-0.39, 0.29) is 12.7 Å². The average molecular weight is 218 g/mol. The standard InChI is InChI=1S/C11H26N2O2/c1-10(13-6-3-9-14)4-7-12-8-5-11(2)15/h10-15H,3-9H2,1-2H3. The topological polar surface area (TPSA) is 64.5 Å². The molecule has 0 aliphatic carbocycles. The Labute approximate surface area is 93.1 Å². The molecule has 0 saturated carbocycles. The van der Waals surface area contributed by atoms with Crippen LogP contribution in [-0.2, 0) is 0 Å². The Kier molecular flexibility index (Phi) is 10.3. The Morgan fingerprint density at radius 1 is 1.07 bits per heavy atom. The van der Waals surface area contributed by atoms with Crippen LogP contribution in [0.2, 0.25) is 0 Å². The van der Waals surface area contributed by atoms with Gasteiger partial charge in [-0.3, -0.25) is 0 Å². The third kappa shape index (κ3) is 11.8. The summed E-state index contributed by atoms with van der Waals surface area (Å²) in [6.45, 7) is 6.94. The van der Waals surface area contributed by atoms with E-state index < -0.39 is 0 Å². The summed E-state index contributed by atoms with van der Waals surface area (Å²) in [5, 5.41) is 24.3. The summed E-state index contributed by atoms with van der Waals surface area (Å²) in [6.07, 6.45) is 2.50. The van der Waals surface area contributed by atoms with Gasteiger partial charge in [-0.1, -0.05) is 0 Å². The molecule has 0 aromatic heterocycles. The van der Waals surface area contributed by atoms with Crippen molar-refractivity contribution >= 4 is 0 Å². The van der Waals surface area contributed by atoms with E-state index in [9.17, 15) is 0 Å². The molecule has 0 rings (SSSR count). The molecule has 92 valence electrons. The van der Waals surface area contributed by atoms with Crippen LogP contribution in [-0.4, -0.2) is 48.6 Å². The highest BCUT2D eigenvalue weighted by Crippen LogP contribution is 1.90. The van der Waals surface area contributed by atoms with Crippen molar-refractivity contribution in [2.24, 2.45) is 0 Å². The minimum atomic E-state index is -0.211. The molecule has 4 N–H and O–H groups in total. The van der Waals surface area contributed by atoms with E-state index in [4.69, 9.17) is 10.2 Å². The molecule has 4 heteroatoms. The second kappa shape index (κ2) is 10.4. The lowest BCUT2D eigenvalue weighted by molar-refractivity contribution is 0.183. The zero-order chi connectivity index (χ0) is 11.5. The molecule has 4 nitrogen and oxygen atoms in total. The zero-order valence-corrected chi connectivity index (χ0v) is 10.00. The van der Waals surface area contributed by atoms with Crippen LogP contribution in [0.1, 0.15) is 33.1 Å². The van der Waals surface area contributed by atoms with Crippen molar-refractivity contribution in [3.63, 3.8) is 0 Å². The van der Waals surface area contributed by atoms with Crippen molar-refractivity contribution in [3.05, 3.63) is 0 Å². The number of hydrogen-bond donors (Lipinski definition) is 4. The highest BCUT2D eigenvalue weighted by Gasteiger charge is 2.00. The molecule has 2 atom stereocenters. The van der Waals surface area contributed by atoms with Gasteiger partial charge in [0.25, 0.3) is 0 Å². The van der Waals surface area contributed by atoms with Gasteiger partial charge in [0.2, 0.25) is 0 Å². The highest BCUT2D eigenvalue weighted by atomic mass is 16.3. The molecular weight excluding hydrogens is 192 g/mol. The molecular formula is C11H26N2O2. The molecule has 0 fully saturated rings. The lowest BCUT2D eigenvalue weighted by atomic mass is 10.2. The summed E-state index contributed by atoms with van der Waals surface area (Å²) in [6, 6.07) is 0.482. The first-order valence-electron chi connectivity index (χ1n) is 5.89. The Balaban J connectivity index is 3.13. The van der Waals surface area contributed by atoms with Crippen molar-refractivity contribution in [1.29, 1.82) is 0 Å². The van der Waals surface area contributed by atoms with Gasteiger partial charge < -0.3 is 20.8 Å².